The van der Waals surface area contributed by atoms with Crippen molar-refractivity contribution < 1.29 is 8.68 Å². The molecule has 2 aromatic heterocycles. The third-order valence-electron chi connectivity index (χ3n) is 3.47. The van der Waals surface area contributed by atoms with Crippen molar-refractivity contribution in [1.82, 2.24) is 13.9 Å². The molecule has 0 atom stereocenters. The van der Waals surface area contributed by atoms with E-state index in [4.69, 9.17) is 17.0 Å². The Bertz CT molecular complexity index is 958. The van der Waals surface area contributed by atoms with Gasteiger partial charge in [0.1, 0.15) is 11.2 Å². The van der Waals surface area contributed by atoms with E-state index in [-0.39, 0.29) is 40.5 Å². The number of aldehydes is 1. The normalized spacial score (nSPS) is 10.8. The van der Waals surface area contributed by atoms with Gasteiger partial charge in [0, 0.05) is 29.5 Å². The number of nitrogens with one attached hydrogen (secondary N) is 2. The minimum atomic E-state index is -0.0703. The van der Waals surface area contributed by atoms with Gasteiger partial charge in [-0.25, -0.2) is 13.9 Å². The van der Waals surface area contributed by atoms with Crippen LogP contribution in [0.3, 0.4) is 0 Å². The summed E-state index contributed by atoms with van der Waals surface area (Å²) >= 11 is 5.89. The van der Waals surface area contributed by atoms with Gasteiger partial charge in [-0.1, -0.05) is 11.6 Å². The van der Waals surface area contributed by atoms with E-state index < -0.39 is 0 Å². The molecule has 0 aliphatic rings. The van der Waals surface area contributed by atoms with Gasteiger partial charge in [-0.2, -0.15) is 0 Å². The fourth-order valence-electron chi connectivity index (χ4n) is 2.32. The lowest BCUT2D eigenvalue weighted by molar-refractivity contribution is 0.112. The highest BCUT2D eigenvalue weighted by Gasteiger charge is 2.16. The quantitative estimate of drug-likeness (QED) is 0.533. The van der Waals surface area contributed by atoms with Gasteiger partial charge in [-0.15, -0.1) is 3.89 Å². The minimum Gasteiger partial charge on any atom is -0.388 e. The Morgan fingerprint density at radius 2 is 2.29 bits per heavy atom. The highest BCUT2D eigenvalue weighted by atomic mass is 35.5. The molecule has 0 aliphatic heterocycles. The summed E-state index contributed by atoms with van der Waals surface area (Å²) in [6, 6.07) is 5.07. The molecule has 0 amide bonds. The summed E-state index contributed by atoms with van der Waals surface area (Å²) in [6.45, 7) is 0. The van der Waals surface area contributed by atoms with Crippen LogP contribution in [-0.2, 0) is 0 Å². The molecule has 0 aliphatic carbocycles. The standard InChI is InChI=1S/C15H11ClFN5OS/c1-19-11-4-9(16)2-3-10(11)13(18)12-5-20-15-14(21-12)8(7-23)6-22(15)24-17/h2-7,18-19H,1H3. The van der Waals surface area contributed by atoms with Crippen molar-refractivity contribution in [3.63, 3.8) is 0 Å². The number of nitrogens with zero attached hydrogens (tertiary/aromatic N) is 3. The van der Waals surface area contributed by atoms with Crippen LogP contribution in [0.2, 0.25) is 5.02 Å². The summed E-state index contributed by atoms with van der Waals surface area (Å²) in [6.07, 6.45) is 3.27. The maximum atomic E-state index is 12.9. The van der Waals surface area contributed by atoms with Crippen LogP contribution < -0.4 is 5.32 Å². The van der Waals surface area contributed by atoms with Crippen LogP contribution >= 0.6 is 23.9 Å². The smallest absolute Gasteiger partial charge is 0.171 e. The van der Waals surface area contributed by atoms with Gasteiger partial charge in [0.25, 0.3) is 0 Å². The van der Waals surface area contributed by atoms with Crippen LogP contribution in [0.15, 0.2) is 30.6 Å². The topological polar surface area (TPSA) is 83.7 Å². The first-order valence-electron chi connectivity index (χ1n) is 6.78. The van der Waals surface area contributed by atoms with Crippen LogP contribution in [0.1, 0.15) is 21.6 Å². The molecule has 9 heteroatoms. The largest absolute Gasteiger partial charge is 0.388 e. The molecule has 0 bridgehead atoms. The van der Waals surface area contributed by atoms with Crippen molar-refractivity contribution in [1.29, 1.82) is 5.41 Å². The van der Waals surface area contributed by atoms with E-state index in [1.54, 1.807) is 25.2 Å². The average molecular weight is 364 g/mol. The Morgan fingerprint density at radius 1 is 1.50 bits per heavy atom. The van der Waals surface area contributed by atoms with E-state index in [1.165, 1.54) is 12.4 Å². The fourth-order valence-corrected chi connectivity index (χ4v) is 2.85. The van der Waals surface area contributed by atoms with Crippen LogP contribution in [-0.4, -0.2) is 33.0 Å². The second-order valence-electron chi connectivity index (χ2n) is 4.84. The van der Waals surface area contributed by atoms with Gasteiger partial charge in [0.15, 0.2) is 24.3 Å². The highest BCUT2D eigenvalue weighted by molar-refractivity contribution is 7.92. The second kappa shape index (κ2) is 6.58. The molecule has 2 heterocycles. The van der Waals surface area contributed by atoms with Gasteiger partial charge in [0.2, 0.25) is 0 Å². The molecular weight excluding hydrogens is 353 g/mol. The molecule has 2 N–H and O–H groups in total. The first kappa shape index (κ1) is 16.4. The molecule has 1 aromatic carbocycles. The van der Waals surface area contributed by atoms with E-state index in [0.717, 1.165) is 3.97 Å². The summed E-state index contributed by atoms with van der Waals surface area (Å²) in [4.78, 5) is 19.6. The first-order valence-corrected chi connectivity index (χ1v) is 7.83. The van der Waals surface area contributed by atoms with Gasteiger partial charge in [-0.3, -0.25) is 10.2 Å². The molecule has 0 saturated carbocycles. The molecule has 6 nitrogen and oxygen atoms in total. The molecule has 0 saturated heterocycles. The maximum absolute atomic E-state index is 12.9. The van der Waals surface area contributed by atoms with Crippen LogP contribution in [0, 0.1) is 5.41 Å². The summed E-state index contributed by atoms with van der Waals surface area (Å²) in [5.74, 6) is 0. The third-order valence-corrected chi connectivity index (χ3v) is 4.13. The Labute approximate surface area is 146 Å². The fraction of sp³-hybridized carbons (Fsp3) is 0.0667. The molecule has 0 unspecified atom stereocenters. The van der Waals surface area contributed by atoms with Crippen molar-refractivity contribution in [3.8, 4) is 0 Å². The van der Waals surface area contributed by atoms with E-state index >= 15 is 0 Å². The lowest BCUT2D eigenvalue weighted by Gasteiger charge is -2.10. The number of rotatable bonds is 5. The van der Waals surface area contributed by atoms with E-state index in [0.29, 0.717) is 22.6 Å². The SMILES string of the molecule is CNc1cc(Cl)ccc1C(=N)c1cnc2c(n1)c(C=O)cn2SF. The zero-order valence-electron chi connectivity index (χ0n) is 12.4. The lowest BCUT2D eigenvalue weighted by Crippen LogP contribution is -2.08. The molecule has 122 valence electrons. The predicted octanol–water partition coefficient (Wildman–Crippen LogP) is 3.74. The van der Waals surface area contributed by atoms with Crippen molar-refractivity contribution in [3.05, 3.63) is 52.4 Å². The van der Waals surface area contributed by atoms with Crippen LogP contribution in [0.5, 0.6) is 0 Å². The summed E-state index contributed by atoms with van der Waals surface area (Å²) in [5.41, 5.74) is 2.32. The molecule has 0 spiro atoms. The number of hydrogen-bond acceptors (Lipinski definition) is 6. The first-order chi connectivity index (χ1) is 11.6. The third kappa shape index (κ3) is 2.74. The number of aromatic nitrogens is 3. The summed E-state index contributed by atoms with van der Waals surface area (Å²) in [7, 11) is 1.72. The number of carbonyl (C=O) groups is 1. The number of carbonyl (C=O) groups excluding carboxylic acids is 1. The van der Waals surface area contributed by atoms with Crippen molar-refractivity contribution in [2.24, 2.45) is 0 Å². The molecular formula is C15H11ClFN5OS. The molecule has 24 heavy (non-hydrogen) atoms. The number of benzene rings is 1. The second-order valence-corrected chi connectivity index (χ2v) is 5.81. The Hall–Kier alpha value is -2.45. The van der Waals surface area contributed by atoms with Crippen LogP contribution in [0.25, 0.3) is 11.2 Å². The molecule has 3 aromatic rings. The molecule has 0 radical (unpaired) electrons. The average Bonchev–Trinajstić information content (AvgIpc) is 2.98. The van der Waals surface area contributed by atoms with Gasteiger partial charge < -0.3 is 5.32 Å². The number of anilines is 1. The summed E-state index contributed by atoms with van der Waals surface area (Å²) in [5, 5.41) is 11.9. The number of halogens is 2. The number of hydrogen-bond donors (Lipinski definition) is 2. The zero-order valence-corrected chi connectivity index (χ0v) is 14.0. The van der Waals surface area contributed by atoms with Crippen molar-refractivity contribution in [2.75, 3.05) is 12.4 Å². The van der Waals surface area contributed by atoms with Crippen molar-refractivity contribution in [2.45, 2.75) is 0 Å². The lowest BCUT2D eigenvalue weighted by atomic mass is 10.1. The van der Waals surface area contributed by atoms with E-state index in [2.05, 4.69) is 15.3 Å². The molecule has 3 rings (SSSR count). The van der Waals surface area contributed by atoms with E-state index in [9.17, 15) is 8.68 Å². The van der Waals surface area contributed by atoms with Crippen LogP contribution in [0.4, 0.5) is 9.57 Å². The summed E-state index contributed by atoms with van der Waals surface area (Å²) < 4.78 is 14.0. The Balaban J connectivity index is 2.13. The van der Waals surface area contributed by atoms with E-state index in [1.807, 2.05) is 0 Å². The maximum Gasteiger partial charge on any atom is 0.171 e. The predicted molar refractivity (Wildman–Crippen MR) is 93.9 cm³/mol. The molecule has 0 fully saturated rings. The Kier molecular flexibility index (Phi) is 4.50. The number of fused-ring (bicyclic) bond motifs is 1. The minimum absolute atomic E-state index is 0.0703. The monoisotopic (exact) mass is 363 g/mol. The van der Waals surface area contributed by atoms with Gasteiger partial charge in [0.05, 0.1) is 17.5 Å². The van der Waals surface area contributed by atoms with Gasteiger partial charge in [-0.05, 0) is 18.2 Å². The van der Waals surface area contributed by atoms with Crippen molar-refractivity contribution >= 4 is 52.8 Å². The zero-order chi connectivity index (χ0) is 17.3. The Morgan fingerprint density at radius 3 is 2.96 bits per heavy atom. The highest BCUT2D eigenvalue weighted by Crippen LogP contribution is 2.25. The van der Waals surface area contributed by atoms with Gasteiger partial charge >= 0.3 is 0 Å².